The van der Waals surface area contributed by atoms with Crippen LogP contribution in [0.25, 0.3) is 0 Å². The van der Waals surface area contributed by atoms with E-state index in [9.17, 15) is 4.79 Å². The number of halogens is 1. The largest absolute Gasteiger partial charge is 0.323 e. The molecule has 0 atom stereocenters. The van der Waals surface area contributed by atoms with E-state index in [4.69, 9.17) is 11.6 Å². The first-order valence-corrected chi connectivity index (χ1v) is 6.18. The molecule has 0 saturated carbocycles. The molecule has 2 aromatic rings. The molecule has 0 aliphatic carbocycles. The number of benzene rings is 1. The number of rotatable bonds is 1. The lowest BCUT2D eigenvalue weighted by Crippen LogP contribution is -2.35. The molecule has 1 aliphatic heterocycles. The van der Waals surface area contributed by atoms with E-state index >= 15 is 0 Å². The van der Waals surface area contributed by atoms with Gasteiger partial charge in [-0.05, 0) is 19.1 Å². The first-order chi connectivity index (χ1) is 9.16. The normalized spacial score (nSPS) is 14.0. The Morgan fingerprint density at radius 3 is 2.95 bits per heavy atom. The van der Waals surface area contributed by atoms with Gasteiger partial charge in [0.2, 0.25) is 5.91 Å². The van der Waals surface area contributed by atoms with Crippen molar-refractivity contribution in [2.45, 2.75) is 6.92 Å². The van der Waals surface area contributed by atoms with Crippen LogP contribution in [0.15, 0.2) is 30.6 Å². The van der Waals surface area contributed by atoms with E-state index in [1.807, 2.05) is 36.1 Å². The summed E-state index contributed by atoms with van der Waals surface area (Å²) >= 11 is 6.02. The molecule has 1 aliphatic rings. The first kappa shape index (κ1) is 11.9. The highest BCUT2D eigenvalue weighted by molar-refractivity contribution is 6.30. The number of para-hydroxylation sites is 2. The van der Waals surface area contributed by atoms with Crippen molar-refractivity contribution in [3.05, 3.63) is 41.3 Å². The topological polar surface area (TPSA) is 58.1 Å². The lowest BCUT2D eigenvalue weighted by molar-refractivity contribution is -0.115. The van der Waals surface area contributed by atoms with Gasteiger partial charge in [-0.25, -0.2) is 9.97 Å². The Balaban J connectivity index is 2.15. The van der Waals surface area contributed by atoms with Gasteiger partial charge < -0.3 is 10.2 Å². The molecule has 1 N–H and O–H groups in total. The van der Waals surface area contributed by atoms with Crippen LogP contribution in [0, 0.1) is 6.92 Å². The molecule has 0 spiro atoms. The van der Waals surface area contributed by atoms with Gasteiger partial charge >= 0.3 is 0 Å². The molecule has 1 aromatic carbocycles. The maximum Gasteiger partial charge on any atom is 0.244 e. The number of anilines is 3. The molecular formula is C13H11ClN4O. The summed E-state index contributed by atoms with van der Waals surface area (Å²) < 4.78 is 0. The average molecular weight is 275 g/mol. The molecule has 0 unspecified atom stereocenters. The zero-order valence-corrected chi connectivity index (χ0v) is 11.0. The van der Waals surface area contributed by atoms with Crippen molar-refractivity contribution < 1.29 is 4.79 Å². The Morgan fingerprint density at radius 2 is 2.11 bits per heavy atom. The number of fused-ring (bicyclic) bond motifs is 1. The Bertz CT molecular complexity index is 659. The highest BCUT2D eigenvalue weighted by atomic mass is 35.5. The molecule has 19 heavy (non-hydrogen) atoms. The van der Waals surface area contributed by atoms with Gasteiger partial charge in [0.25, 0.3) is 0 Å². The third-order valence-electron chi connectivity index (χ3n) is 3.02. The van der Waals surface area contributed by atoms with E-state index in [0.29, 0.717) is 11.0 Å². The summed E-state index contributed by atoms with van der Waals surface area (Å²) in [6.07, 6.45) is 1.40. The summed E-state index contributed by atoms with van der Waals surface area (Å²) in [4.78, 5) is 21.8. The zero-order chi connectivity index (χ0) is 13.4. The summed E-state index contributed by atoms with van der Waals surface area (Å²) in [6, 6.07) is 7.59. The van der Waals surface area contributed by atoms with Crippen LogP contribution in [0.2, 0.25) is 5.15 Å². The van der Waals surface area contributed by atoms with E-state index in [1.165, 1.54) is 6.33 Å². The molecule has 1 aromatic heterocycles. The number of hydrogen-bond acceptors (Lipinski definition) is 4. The molecule has 1 amide bonds. The van der Waals surface area contributed by atoms with Crippen molar-refractivity contribution in [2.75, 3.05) is 16.8 Å². The number of nitrogens with one attached hydrogen (secondary N) is 1. The highest BCUT2D eigenvalue weighted by Crippen LogP contribution is 2.35. The van der Waals surface area contributed by atoms with Gasteiger partial charge in [0.15, 0.2) is 0 Å². The Labute approximate surface area is 115 Å². The predicted octanol–water partition coefficient (Wildman–Crippen LogP) is 2.53. The number of aromatic nitrogens is 2. The summed E-state index contributed by atoms with van der Waals surface area (Å²) in [7, 11) is 0. The summed E-state index contributed by atoms with van der Waals surface area (Å²) in [5.74, 6) is 0.579. The fourth-order valence-electron chi connectivity index (χ4n) is 2.11. The number of amides is 1. The van der Waals surface area contributed by atoms with Crippen LogP contribution in [0.5, 0.6) is 0 Å². The number of carbonyl (C=O) groups is 1. The molecule has 0 saturated heterocycles. The first-order valence-electron chi connectivity index (χ1n) is 5.80. The second-order valence-electron chi connectivity index (χ2n) is 4.26. The summed E-state index contributed by atoms with van der Waals surface area (Å²) in [5.41, 5.74) is 2.43. The Morgan fingerprint density at radius 1 is 1.32 bits per heavy atom. The van der Waals surface area contributed by atoms with Crippen molar-refractivity contribution in [3.8, 4) is 0 Å². The SMILES string of the molecule is Cc1c(Cl)ncnc1N1CC(=O)Nc2ccccc21. The monoisotopic (exact) mass is 274 g/mol. The van der Waals surface area contributed by atoms with Crippen molar-refractivity contribution >= 4 is 34.7 Å². The lowest BCUT2D eigenvalue weighted by Gasteiger charge is -2.30. The molecule has 5 nitrogen and oxygen atoms in total. The molecule has 6 heteroatoms. The molecule has 0 radical (unpaired) electrons. The highest BCUT2D eigenvalue weighted by Gasteiger charge is 2.25. The maximum atomic E-state index is 11.8. The van der Waals surface area contributed by atoms with Gasteiger partial charge in [0, 0.05) is 5.56 Å². The maximum absolute atomic E-state index is 11.8. The second kappa shape index (κ2) is 4.51. The van der Waals surface area contributed by atoms with E-state index in [0.717, 1.165) is 16.9 Å². The van der Waals surface area contributed by atoms with Crippen LogP contribution < -0.4 is 10.2 Å². The molecule has 2 heterocycles. The van der Waals surface area contributed by atoms with Crippen LogP contribution in [0.4, 0.5) is 17.2 Å². The Hall–Kier alpha value is -2.14. The van der Waals surface area contributed by atoms with E-state index < -0.39 is 0 Å². The van der Waals surface area contributed by atoms with Crippen LogP contribution in [-0.4, -0.2) is 22.4 Å². The Kier molecular flexibility index (Phi) is 2.83. The van der Waals surface area contributed by atoms with E-state index in [-0.39, 0.29) is 12.5 Å². The number of carbonyl (C=O) groups excluding carboxylic acids is 1. The van der Waals surface area contributed by atoms with Crippen molar-refractivity contribution in [1.29, 1.82) is 0 Å². The van der Waals surface area contributed by atoms with Gasteiger partial charge in [0.1, 0.15) is 23.8 Å². The molecule has 0 fully saturated rings. The van der Waals surface area contributed by atoms with Gasteiger partial charge in [-0.2, -0.15) is 0 Å². The quantitative estimate of drug-likeness (QED) is 0.812. The van der Waals surface area contributed by atoms with Crippen molar-refractivity contribution in [2.24, 2.45) is 0 Å². The van der Waals surface area contributed by atoms with Gasteiger partial charge in [0.05, 0.1) is 11.4 Å². The molecule has 0 bridgehead atoms. The molecular weight excluding hydrogens is 264 g/mol. The van der Waals surface area contributed by atoms with Crippen LogP contribution in [0.1, 0.15) is 5.56 Å². The third-order valence-corrected chi connectivity index (χ3v) is 3.40. The van der Waals surface area contributed by atoms with E-state index in [2.05, 4.69) is 15.3 Å². The second-order valence-corrected chi connectivity index (χ2v) is 4.62. The summed E-state index contributed by atoms with van der Waals surface area (Å²) in [5, 5.41) is 3.23. The third kappa shape index (κ3) is 2.02. The van der Waals surface area contributed by atoms with Gasteiger partial charge in [-0.3, -0.25) is 4.79 Å². The van der Waals surface area contributed by atoms with Gasteiger partial charge in [-0.15, -0.1) is 0 Å². The minimum atomic E-state index is -0.0761. The number of nitrogens with zero attached hydrogens (tertiary/aromatic N) is 3. The fraction of sp³-hybridized carbons (Fsp3) is 0.154. The van der Waals surface area contributed by atoms with Crippen molar-refractivity contribution in [3.63, 3.8) is 0 Å². The molecule has 96 valence electrons. The predicted molar refractivity (Wildman–Crippen MR) is 73.9 cm³/mol. The van der Waals surface area contributed by atoms with Crippen LogP contribution >= 0.6 is 11.6 Å². The van der Waals surface area contributed by atoms with Gasteiger partial charge in [-0.1, -0.05) is 23.7 Å². The zero-order valence-electron chi connectivity index (χ0n) is 10.2. The fourth-order valence-corrected chi connectivity index (χ4v) is 2.24. The molecule has 3 rings (SSSR count). The van der Waals surface area contributed by atoms with Crippen LogP contribution in [-0.2, 0) is 4.79 Å². The van der Waals surface area contributed by atoms with E-state index in [1.54, 1.807) is 0 Å². The minimum absolute atomic E-state index is 0.0761. The standard InChI is InChI=1S/C13H11ClN4O/c1-8-12(14)15-7-16-13(8)18-6-11(19)17-9-4-2-3-5-10(9)18/h2-5,7H,6H2,1H3,(H,17,19). The number of hydrogen-bond donors (Lipinski definition) is 1. The summed E-state index contributed by atoms with van der Waals surface area (Å²) in [6.45, 7) is 2.05. The minimum Gasteiger partial charge on any atom is -0.323 e. The smallest absolute Gasteiger partial charge is 0.244 e. The van der Waals surface area contributed by atoms with Crippen molar-refractivity contribution in [1.82, 2.24) is 9.97 Å². The van der Waals surface area contributed by atoms with Crippen LogP contribution in [0.3, 0.4) is 0 Å². The average Bonchev–Trinajstić information content (AvgIpc) is 2.41. The lowest BCUT2D eigenvalue weighted by atomic mass is 10.1.